The predicted octanol–water partition coefficient (Wildman–Crippen LogP) is 18.6. The molecule has 378 valence electrons. The van der Waals surface area contributed by atoms with Gasteiger partial charge in [0.15, 0.2) is 0 Å². The molecule has 0 spiro atoms. The molecule has 0 saturated heterocycles. The van der Waals surface area contributed by atoms with Crippen molar-refractivity contribution in [1.29, 1.82) is 0 Å². The van der Waals surface area contributed by atoms with Gasteiger partial charge in [0.1, 0.15) is 11.6 Å². The summed E-state index contributed by atoms with van der Waals surface area (Å²) in [6.07, 6.45) is 2.95. The molecular formula is C67H78N3OPt-. The number of pyridine rings is 1. The molecule has 6 aromatic carbocycles. The Morgan fingerprint density at radius 1 is 0.611 bits per heavy atom. The van der Waals surface area contributed by atoms with Crippen molar-refractivity contribution in [2.24, 2.45) is 0 Å². The van der Waals surface area contributed by atoms with Gasteiger partial charge >= 0.3 is 0 Å². The molecule has 4 nitrogen and oxygen atoms in total. The molecule has 2 heterocycles. The van der Waals surface area contributed by atoms with Crippen LogP contribution in [-0.2, 0) is 48.1 Å². The number of phenolic OH excluding ortho intramolecular Hbond substituents is 1. The molecule has 1 N–H and O–H groups in total. The normalized spacial score (nSPS) is 15.0. The summed E-state index contributed by atoms with van der Waals surface area (Å²) >= 11 is 0. The van der Waals surface area contributed by atoms with Crippen molar-refractivity contribution in [3.63, 3.8) is 0 Å². The Labute approximate surface area is 462 Å². The number of para-hydroxylation sites is 1. The van der Waals surface area contributed by atoms with Gasteiger partial charge in [-0.05, 0) is 134 Å². The van der Waals surface area contributed by atoms with Crippen molar-refractivity contribution >= 4 is 11.0 Å². The molecule has 5 heteroatoms. The number of aryl methyl sites for hydroxylation is 1. The second kappa shape index (κ2) is 20.4. The molecule has 0 saturated carbocycles. The van der Waals surface area contributed by atoms with Gasteiger partial charge in [-0.2, -0.15) is 0 Å². The number of hydrogen-bond donors (Lipinski definition) is 1. The van der Waals surface area contributed by atoms with Crippen molar-refractivity contribution in [2.45, 2.75) is 163 Å². The van der Waals surface area contributed by atoms with Crippen LogP contribution in [0.25, 0.3) is 72.7 Å². The summed E-state index contributed by atoms with van der Waals surface area (Å²) < 4.78 is 100. The quantitative estimate of drug-likeness (QED) is 0.124. The van der Waals surface area contributed by atoms with E-state index in [-0.39, 0.29) is 71.0 Å². The van der Waals surface area contributed by atoms with E-state index < -0.39 is 66.2 Å². The first kappa shape index (κ1) is 40.9. The number of imidazole rings is 1. The zero-order valence-corrected chi connectivity index (χ0v) is 47.2. The second-order valence-electron chi connectivity index (χ2n) is 23.0. The first-order chi connectivity index (χ1) is 38.0. The van der Waals surface area contributed by atoms with E-state index in [1.54, 1.807) is 6.07 Å². The molecule has 8 rings (SSSR count). The third-order valence-corrected chi connectivity index (χ3v) is 15.3. The van der Waals surface area contributed by atoms with Crippen molar-refractivity contribution in [3.8, 4) is 67.5 Å². The smallest absolute Gasteiger partial charge is 0.148 e. The Hall–Kier alpha value is -5.57. The van der Waals surface area contributed by atoms with Gasteiger partial charge in [-0.15, -0.1) is 29.3 Å². The van der Waals surface area contributed by atoms with Crippen LogP contribution in [0.2, 0.25) is 0 Å². The van der Waals surface area contributed by atoms with E-state index in [1.807, 2.05) is 101 Å². The standard InChI is InChI=1S/C67H78N3O.Pt/c1-17-66(15,18-2)53-29-25-30-54(67(16,19-3)20-4)59(53)46-32-33-57(43(5)36-46)70-58-31-24-28-51(60(58)69-62(70)52-41-50(64(9,10)11)42-55(61(52)71)65(12,13)14)47-37-48(39-49(38-47)63(6,7)8)56-40-45(34-35-68-56)44-26-22-21-23-27-44;/h21-36,38-42,71H,17-20H2,1-16H3;/q-1;/i5D3,21D,22D,23D,26D,27D,34D,35D,40D;. The fourth-order valence-electron chi connectivity index (χ4n) is 9.79. The predicted molar refractivity (Wildman–Crippen MR) is 303 cm³/mol. The topological polar surface area (TPSA) is 50.9 Å². The van der Waals surface area contributed by atoms with E-state index in [9.17, 15) is 10.6 Å². The largest absolute Gasteiger partial charge is 0.507 e. The summed E-state index contributed by atoms with van der Waals surface area (Å²) in [6.45, 7) is 29.3. The molecule has 0 aliphatic rings. The van der Waals surface area contributed by atoms with E-state index in [1.165, 1.54) is 11.1 Å². The summed E-state index contributed by atoms with van der Waals surface area (Å²) in [5.74, 6) is 0.318. The zero-order valence-electron chi connectivity index (χ0n) is 55.9. The minimum atomic E-state index is -2.65. The molecule has 0 aliphatic carbocycles. The fourth-order valence-corrected chi connectivity index (χ4v) is 9.79. The molecule has 0 atom stereocenters. The van der Waals surface area contributed by atoms with Crippen LogP contribution in [0.5, 0.6) is 5.75 Å². The molecule has 0 amide bonds. The van der Waals surface area contributed by atoms with Crippen LogP contribution in [0, 0.1) is 12.9 Å². The van der Waals surface area contributed by atoms with Crippen LogP contribution in [0.3, 0.4) is 0 Å². The van der Waals surface area contributed by atoms with Crippen LogP contribution in [0.15, 0.2) is 127 Å². The van der Waals surface area contributed by atoms with Gasteiger partial charge in [0, 0.05) is 42.6 Å². The number of hydrogen-bond acceptors (Lipinski definition) is 3. The maximum absolute atomic E-state index is 12.7. The molecule has 0 radical (unpaired) electrons. The number of benzene rings is 6. The molecular weight excluding hydrogens is 1060 g/mol. The first-order valence-electron chi connectivity index (χ1n) is 30.8. The molecule has 0 fully saturated rings. The van der Waals surface area contributed by atoms with Crippen molar-refractivity contribution in [3.05, 3.63) is 167 Å². The maximum Gasteiger partial charge on any atom is 0.148 e. The van der Waals surface area contributed by atoms with E-state index in [0.717, 1.165) is 47.9 Å². The molecule has 0 unspecified atom stereocenters. The van der Waals surface area contributed by atoms with Gasteiger partial charge in [0.25, 0.3) is 0 Å². The number of rotatable bonds is 12. The molecule has 2 aromatic heterocycles. The van der Waals surface area contributed by atoms with Crippen LogP contribution < -0.4 is 0 Å². The van der Waals surface area contributed by atoms with Crippen molar-refractivity contribution in [1.82, 2.24) is 14.5 Å². The third-order valence-electron chi connectivity index (χ3n) is 15.3. The Balaban J connectivity index is 0.00000990. The van der Waals surface area contributed by atoms with Crippen LogP contribution >= 0.6 is 0 Å². The maximum atomic E-state index is 12.7. The van der Waals surface area contributed by atoms with Gasteiger partial charge in [-0.25, -0.2) is 4.98 Å². The minimum Gasteiger partial charge on any atom is -0.507 e. The van der Waals surface area contributed by atoms with Gasteiger partial charge in [-0.3, -0.25) is 9.55 Å². The second-order valence-corrected chi connectivity index (χ2v) is 23.0. The molecule has 0 aliphatic heterocycles. The monoisotopic (exact) mass is 1150 g/mol. The Morgan fingerprint density at radius 3 is 1.79 bits per heavy atom. The SMILES string of the molecule is [2H]c1nc(-c2[c-]c(-c3cccc4c3nc(-c3cc(C(C)(C)C)cc(C(C)(C)C)c3O)n4-c3ccc(-c4c(C(C)(CC)CC)cccc4C(C)(CC)CC)cc3C([2H])([2H])[2H])cc(C(C)(C)C)c2)c([2H])c(-c2c([2H])c([2H])c([2H])c([2H])c2[2H])c1[2H].[Pt]. The number of nitrogens with zero attached hydrogens (tertiary/aromatic N) is 3. The summed E-state index contributed by atoms with van der Waals surface area (Å²) in [4.78, 5) is 9.98. The van der Waals surface area contributed by atoms with Gasteiger partial charge in [-0.1, -0.05) is 194 Å². The zero-order chi connectivity index (χ0) is 60.9. The number of fused-ring (bicyclic) bond motifs is 1. The Kier molecular flexibility index (Phi) is 11.6. The van der Waals surface area contributed by atoms with Crippen molar-refractivity contribution < 1.29 is 41.3 Å². The summed E-state index contributed by atoms with van der Waals surface area (Å²) in [5.41, 5.74) is 7.08. The Bertz CT molecular complexity index is 3770. The van der Waals surface area contributed by atoms with E-state index >= 15 is 0 Å². The van der Waals surface area contributed by atoms with E-state index in [0.29, 0.717) is 44.8 Å². The van der Waals surface area contributed by atoms with Gasteiger partial charge in [0.05, 0.1) is 33.3 Å². The van der Waals surface area contributed by atoms with Crippen LogP contribution in [0.4, 0.5) is 0 Å². The van der Waals surface area contributed by atoms with E-state index in [4.69, 9.17) is 14.6 Å². The Morgan fingerprint density at radius 2 is 1.21 bits per heavy atom. The molecule has 0 bridgehead atoms. The fraction of sp³-hybridized carbons (Fsp3) is 0.373. The van der Waals surface area contributed by atoms with Gasteiger partial charge in [0.2, 0.25) is 0 Å². The minimum absolute atomic E-state index is 0. The third kappa shape index (κ3) is 10.2. The summed E-state index contributed by atoms with van der Waals surface area (Å²) in [6, 6.07) is 25.1. The van der Waals surface area contributed by atoms with E-state index in [2.05, 4.69) is 91.6 Å². The summed E-state index contributed by atoms with van der Waals surface area (Å²) in [5, 5.41) is 12.7. The van der Waals surface area contributed by atoms with Gasteiger partial charge < -0.3 is 5.11 Å². The first-order valence-corrected chi connectivity index (χ1v) is 25.3. The van der Waals surface area contributed by atoms with Crippen LogP contribution in [0.1, 0.15) is 178 Å². The summed E-state index contributed by atoms with van der Waals surface area (Å²) in [7, 11) is 0. The average Bonchev–Trinajstić information content (AvgIpc) is 3.24. The number of aromatic hydroxyl groups is 1. The van der Waals surface area contributed by atoms with Crippen LogP contribution in [-0.4, -0.2) is 19.6 Å². The van der Waals surface area contributed by atoms with Crippen molar-refractivity contribution in [2.75, 3.05) is 0 Å². The molecule has 8 aromatic rings. The number of aromatic nitrogens is 3. The molecule has 72 heavy (non-hydrogen) atoms. The number of phenols is 1. The average molecular weight is 1150 g/mol.